The number of alkyl halides is 3. The van der Waals surface area contributed by atoms with Crippen molar-refractivity contribution in [1.82, 2.24) is 29.3 Å². The van der Waals surface area contributed by atoms with Gasteiger partial charge in [-0.2, -0.15) is 18.3 Å². The maximum atomic E-state index is 13.5. The number of anilines is 1. The van der Waals surface area contributed by atoms with Crippen LogP contribution in [0.25, 0.3) is 5.82 Å². The van der Waals surface area contributed by atoms with E-state index in [0.717, 1.165) is 12.8 Å². The van der Waals surface area contributed by atoms with Crippen LogP contribution in [0.2, 0.25) is 0 Å². The zero-order valence-corrected chi connectivity index (χ0v) is 23.9. The Morgan fingerprint density at radius 2 is 1.90 bits per heavy atom. The molecule has 3 aromatic rings. The quantitative estimate of drug-likeness (QED) is 0.467. The molecule has 4 bridgehead atoms. The van der Waals surface area contributed by atoms with Crippen molar-refractivity contribution in [3.05, 3.63) is 41.9 Å². The number of halogens is 3. The second-order valence-electron chi connectivity index (χ2n) is 12.5. The predicted molar refractivity (Wildman–Crippen MR) is 143 cm³/mol. The maximum absolute atomic E-state index is 13.5. The first-order chi connectivity index (χ1) is 19.7. The highest BCUT2D eigenvalue weighted by molar-refractivity contribution is 7.90. The molecule has 42 heavy (non-hydrogen) atoms. The number of rotatable bonds is 5. The van der Waals surface area contributed by atoms with E-state index >= 15 is 0 Å². The van der Waals surface area contributed by atoms with Crippen LogP contribution in [-0.2, 0) is 22.0 Å². The van der Waals surface area contributed by atoms with Crippen LogP contribution in [0, 0.1) is 5.41 Å². The van der Waals surface area contributed by atoms with Crippen molar-refractivity contribution < 1.29 is 31.1 Å². The first-order valence-electron chi connectivity index (χ1n) is 13.9. The fraction of sp³-hybridized carbons (Fsp3) is 0.556. The summed E-state index contributed by atoms with van der Waals surface area (Å²) in [7, 11) is -4.21. The van der Waals surface area contributed by atoms with Crippen LogP contribution in [-0.4, -0.2) is 63.7 Å². The minimum Gasteiger partial charge on any atom is -0.477 e. The van der Waals surface area contributed by atoms with Gasteiger partial charge in [-0.15, -0.1) is 5.10 Å². The van der Waals surface area contributed by atoms with Gasteiger partial charge in [0.25, 0.3) is 15.9 Å². The van der Waals surface area contributed by atoms with Crippen molar-refractivity contribution in [2.45, 2.75) is 80.9 Å². The van der Waals surface area contributed by atoms with Crippen molar-refractivity contribution in [2.24, 2.45) is 5.41 Å². The lowest BCUT2D eigenvalue weighted by molar-refractivity contribution is -0.190. The van der Waals surface area contributed by atoms with Gasteiger partial charge in [0, 0.05) is 42.5 Å². The van der Waals surface area contributed by atoms with E-state index in [2.05, 4.69) is 14.9 Å². The van der Waals surface area contributed by atoms with Gasteiger partial charge < -0.3 is 9.64 Å². The van der Waals surface area contributed by atoms with Gasteiger partial charge in [0.2, 0.25) is 5.88 Å². The number of hydrogen-bond acceptors (Lipinski definition) is 8. The van der Waals surface area contributed by atoms with Crippen LogP contribution < -0.4 is 14.4 Å². The largest absolute Gasteiger partial charge is 0.477 e. The molecule has 1 saturated heterocycles. The number of sulfonamides is 1. The molecule has 0 radical (unpaired) electrons. The first kappa shape index (κ1) is 27.2. The number of nitrogens with one attached hydrogen (secondary N) is 1. The number of aryl methyl sites for hydroxylation is 1. The van der Waals surface area contributed by atoms with E-state index in [1.54, 1.807) is 16.9 Å². The summed E-state index contributed by atoms with van der Waals surface area (Å²) >= 11 is 0. The minimum atomic E-state index is -4.25. The van der Waals surface area contributed by atoms with Gasteiger partial charge in [-0.3, -0.25) is 9.48 Å². The summed E-state index contributed by atoms with van der Waals surface area (Å²) in [4.78, 5) is 20.3. The zero-order valence-electron chi connectivity index (χ0n) is 23.1. The third-order valence-corrected chi connectivity index (χ3v) is 10.5. The van der Waals surface area contributed by atoms with Gasteiger partial charge in [-0.25, -0.2) is 22.8 Å². The third kappa shape index (κ3) is 4.18. The number of pyridine rings is 1. The molecule has 1 unspecified atom stereocenters. The van der Waals surface area contributed by atoms with E-state index < -0.39 is 38.5 Å². The average Bonchev–Trinajstić information content (AvgIpc) is 3.26. The SMILES string of the molecule is CC1(C)CC23CCCn4cc(c2n4)S(=O)(=O)NC(=O)c2ccc(-n4ccc(OCCC5(C(F)(F)F)CC5)n4)nc2N1C3. The van der Waals surface area contributed by atoms with Crippen LogP contribution in [0.15, 0.2) is 35.5 Å². The number of hydrogen-bond donors (Lipinski definition) is 1. The van der Waals surface area contributed by atoms with E-state index in [1.165, 1.54) is 23.0 Å². The Balaban J connectivity index is 1.23. The molecule has 0 aromatic carbocycles. The van der Waals surface area contributed by atoms with E-state index in [4.69, 9.17) is 9.72 Å². The molecule has 2 fully saturated rings. The second kappa shape index (κ2) is 8.71. The fourth-order valence-corrected chi connectivity index (χ4v) is 8.07. The normalized spacial score (nSPS) is 24.9. The average molecular weight is 606 g/mol. The number of aromatic nitrogens is 5. The molecule has 3 aromatic heterocycles. The van der Waals surface area contributed by atoms with E-state index in [-0.39, 0.29) is 42.2 Å². The summed E-state index contributed by atoms with van der Waals surface area (Å²) in [6, 6.07) is 4.59. The van der Waals surface area contributed by atoms with Crippen LogP contribution >= 0.6 is 0 Å². The van der Waals surface area contributed by atoms with Gasteiger partial charge >= 0.3 is 6.18 Å². The molecule has 11 nitrogen and oxygen atoms in total. The van der Waals surface area contributed by atoms with E-state index in [9.17, 15) is 26.4 Å². The molecule has 1 saturated carbocycles. The fourth-order valence-electron chi connectivity index (χ4n) is 6.83. The highest BCUT2D eigenvalue weighted by Crippen LogP contribution is 2.60. The van der Waals surface area contributed by atoms with Gasteiger partial charge in [-0.05, 0) is 64.5 Å². The van der Waals surface area contributed by atoms with Crippen LogP contribution in [0.4, 0.5) is 19.0 Å². The highest BCUT2D eigenvalue weighted by atomic mass is 32.2. The summed E-state index contributed by atoms with van der Waals surface area (Å²) in [5.41, 5.74) is -2.15. The topological polar surface area (TPSA) is 124 Å². The van der Waals surface area contributed by atoms with E-state index in [1.807, 2.05) is 18.7 Å². The Hall–Kier alpha value is -3.62. The summed E-state index contributed by atoms with van der Waals surface area (Å²) in [5.74, 6) is -0.000264. The molecule has 1 amide bonds. The monoisotopic (exact) mass is 605 g/mol. The molecule has 1 spiro atoms. The number of nitrogens with zero attached hydrogens (tertiary/aromatic N) is 6. The molecule has 1 atom stereocenters. The van der Waals surface area contributed by atoms with Crippen molar-refractivity contribution >= 4 is 21.7 Å². The first-order valence-corrected chi connectivity index (χ1v) is 15.4. The summed E-state index contributed by atoms with van der Waals surface area (Å²) in [5, 5.41) is 9.01. The molecule has 1 aliphatic carbocycles. The lowest BCUT2D eigenvalue weighted by Crippen LogP contribution is -2.42. The zero-order chi connectivity index (χ0) is 29.7. The second-order valence-corrected chi connectivity index (χ2v) is 14.2. The smallest absolute Gasteiger partial charge is 0.394 e. The molecule has 6 heterocycles. The molecule has 4 aliphatic rings. The summed E-state index contributed by atoms with van der Waals surface area (Å²) < 4.78 is 77.5. The molecule has 1 N–H and O–H groups in total. The van der Waals surface area contributed by atoms with Gasteiger partial charge in [0.05, 0.1) is 23.3 Å². The number of amides is 1. The molecular formula is C27H30F3N7O4S. The van der Waals surface area contributed by atoms with Crippen molar-refractivity contribution in [2.75, 3.05) is 18.1 Å². The maximum Gasteiger partial charge on any atom is 0.394 e. The Kier molecular flexibility index (Phi) is 5.64. The Labute approximate surface area is 240 Å². The lowest BCUT2D eigenvalue weighted by Gasteiger charge is -2.34. The molecular weight excluding hydrogens is 575 g/mol. The van der Waals surface area contributed by atoms with Gasteiger partial charge in [-0.1, -0.05) is 0 Å². The van der Waals surface area contributed by atoms with Crippen LogP contribution in [0.5, 0.6) is 5.88 Å². The molecule has 3 aliphatic heterocycles. The number of fused-ring (bicyclic) bond motifs is 4. The van der Waals surface area contributed by atoms with Crippen LogP contribution in [0.1, 0.15) is 68.4 Å². The van der Waals surface area contributed by atoms with Crippen molar-refractivity contribution in [3.8, 4) is 11.7 Å². The van der Waals surface area contributed by atoms with Crippen molar-refractivity contribution in [1.29, 1.82) is 0 Å². The van der Waals surface area contributed by atoms with Gasteiger partial charge in [0.15, 0.2) is 5.82 Å². The number of carbonyl (C=O) groups excluding carboxylic acids is 1. The molecule has 15 heteroatoms. The van der Waals surface area contributed by atoms with Crippen molar-refractivity contribution in [3.63, 3.8) is 0 Å². The molecule has 224 valence electrons. The number of carbonyl (C=O) groups is 1. The van der Waals surface area contributed by atoms with E-state index in [0.29, 0.717) is 36.8 Å². The lowest BCUT2D eigenvalue weighted by atomic mass is 9.75. The predicted octanol–water partition coefficient (Wildman–Crippen LogP) is 3.73. The Morgan fingerprint density at radius 1 is 1.12 bits per heavy atom. The van der Waals surface area contributed by atoms with Gasteiger partial charge in [0.1, 0.15) is 10.7 Å². The Morgan fingerprint density at radius 3 is 2.64 bits per heavy atom. The Bertz CT molecular complexity index is 1710. The third-order valence-electron chi connectivity index (χ3n) is 9.20. The van der Waals surface area contributed by atoms with Crippen LogP contribution in [0.3, 0.4) is 0 Å². The standard InChI is InChI=1S/C27H30F3N7O4S/c1-24(2)15-25-7-3-11-35-14-18(21(25)33-35)42(39,40)34-23(38)17-4-5-19(31-22(17)36(24)16-25)37-12-6-20(32-37)41-13-10-26(8-9-26)27(28,29)30/h4-6,12,14H,3,7-11,13,15-16H2,1-2H3,(H,34,38). The summed E-state index contributed by atoms with van der Waals surface area (Å²) in [6.45, 7) is 4.96. The summed E-state index contributed by atoms with van der Waals surface area (Å²) in [6.07, 6.45) is 1.09. The number of ether oxygens (including phenoxy) is 1. The highest BCUT2D eigenvalue weighted by Gasteiger charge is 2.62. The molecule has 7 rings (SSSR count). The minimum absolute atomic E-state index is 0.0353.